The second-order valence-electron chi connectivity index (χ2n) is 6.47. The smallest absolute Gasteiger partial charge is 0.338 e. The highest BCUT2D eigenvalue weighted by Crippen LogP contribution is 2.48. The van der Waals surface area contributed by atoms with E-state index in [2.05, 4.69) is 12.1 Å². The fourth-order valence-corrected chi connectivity index (χ4v) is 2.95. The molecule has 0 spiro atoms. The quantitative estimate of drug-likeness (QED) is 0.686. The molecular formula is C21H24O3. The summed E-state index contributed by atoms with van der Waals surface area (Å²) < 4.78 is 11.3. The van der Waals surface area contributed by atoms with Crippen molar-refractivity contribution in [3.63, 3.8) is 0 Å². The number of hydrogen-bond acceptors (Lipinski definition) is 3. The molecule has 2 aromatic carbocycles. The summed E-state index contributed by atoms with van der Waals surface area (Å²) in [6, 6.07) is 14.1. The van der Waals surface area contributed by atoms with Gasteiger partial charge in [-0.25, -0.2) is 4.79 Å². The first-order chi connectivity index (χ1) is 11.6. The van der Waals surface area contributed by atoms with Gasteiger partial charge in [0.15, 0.2) is 0 Å². The van der Waals surface area contributed by atoms with Gasteiger partial charge in [0.25, 0.3) is 0 Å². The minimum atomic E-state index is -0.285. The zero-order valence-corrected chi connectivity index (χ0v) is 14.5. The fraction of sp³-hybridized carbons (Fsp3) is 0.381. The number of rotatable bonds is 6. The summed E-state index contributed by atoms with van der Waals surface area (Å²) in [7, 11) is 0. The largest absolute Gasteiger partial charge is 0.490 e. The van der Waals surface area contributed by atoms with Crippen LogP contribution in [-0.4, -0.2) is 18.7 Å². The van der Waals surface area contributed by atoms with Gasteiger partial charge in [-0.3, -0.25) is 0 Å². The van der Waals surface area contributed by atoms with Gasteiger partial charge in [-0.2, -0.15) is 0 Å². The number of ether oxygens (including phenoxy) is 2. The predicted octanol–water partition coefficient (Wildman–Crippen LogP) is 5.19. The van der Waals surface area contributed by atoms with Crippen LogP contribution in [0, 0.1) is 0 Å². The van der Waals surface area contributed by atoms with Gasteiger partial charge in [0, 0.05) is 5.56 Å². The van der Waals surface area contributed by atoms with Gasteiger partial charge in [-0.15, -0.1) is 0 Å². The van der Waals surface area contributed by atoms with E-state index in [9.17, 15) is 4.79 Å². The zero-order valence-electron chi connectivity index (χ0n) is 14.5. The lowest BCUT2D eigenvalue weighted by molar-refractivity contribution is 0.0525. The molecule has 0 N–H and O–H groups in total. The van der Waals surface area contributed by atoms with E-state index in [0.29, 0.717) is 18.1 Å². The van der Waals surface area contributed by atoms with E-state index in [1.807, 2.05) is 51.1 Å². The van der Waals surface area contributed by atoms with E-state index in [4.69, 9.17) is 9.47 Å². The van der Waals surface area contributed by atoms with Crippen molar-refractivity contribution < 1.29 is 14.3 Å². The van der Waals surface area contributed by atoms with Crippen LogP contribution in [0.4, 0.5) is 0 Å². The Bertz CT molecular complexity index is 715. The summed E-state index contributed by atoms with van der Waals surface area (Å²) in [4.78, 5) is 12.2. The molecule has 1 aliphatic rings. The van der Waals surface area contributed by atoms with E-state index >= 15 is 0 Å². The fourth-order valence-electron chi connectivity index (χ4n) is 2.95. The molecule has 0 radical (unpaired) electrons. The van der Waals surface area contributed by atoms with Crippen LogP contribution in [0.25, 0.3) is 11.1 Å². The Morgan fingerprint density at radius 2 is 1.88 bits per heavy atom. The van der Waals surface area contributed by atoms with Crippen LogP contribution < -0.4 is 4.74 Å². The van der Waals surface area contributed by atoms with Crippen molar-refractivity contribution in [2.45, 2.75) is 45.6 Å². The lowest BCUT2D eigenvalue weighted by Crippen LogP contribution is -2.11. The number of carbonyl (C=O) groups is 1. The van der Waals surface area contributed by atoms with E-state index in [0.717, 1.165) is 29.7 Å². The minimum Gasteiger partial charge on any atom is -0.490 e. The van der Waals surface area contributed by atoms with Crippen LogP contribution >= 0.6 is 0 Å². The molecule has 1 aliphatic carbocycles. The van der Waals surface area contributed by atoms with Crippen LogP contribution in [0.15, 0.2) is 42.5 Å². The van der Waals surface area contributed by atoms with Crippen molar-refractivity contribution in [3.05, 3.63) is 53.6 Å². The van der Waals surface area contributed by atoms with Crippen molar-refractivity contribution in [1.29, 1.82) is 0 Å². The van der Waals surface area contributed by atoms with Gasteiger partial charge in [0.2, 0.25) is 0 Å². The second-order valence-corrected chi connectivity index (χ2v) is 6.47. The van der Waals surface area contributed by atoms with Crippen molar-refractivity contribution in [2.24, 2.45) is 0 Å². The molecule has 1 fully saturated rings. The molecule has 126 valence electrons. The molecule has 0 heterocycles. The van der Waals surface area contributed by atoms with Gasteiger partial charge in [-0.1, -0.05) is 30.3 Å². The number of benzene rings is 2. The van der Waals surface area contributed by atoms with E-state index in [-0.39, 0.29) is 12.1 Å². The molecule has 0 unspecified atom stereocenters. The number of carbonyl (C=O) groups excluding carboxylic acids is 1. The lowest BCUT2D eigenvalue weighted by atomic mass is 9.93. The summed E-state index contributed by atoms with van der Waals surface area (Å²) in [6.45, 7) is 6.20. The third kappa shape index (κ3) is 3.61. The average molecular weight is 324 g/mol. The Labute approximate surface area is 143 Å². The topological polar surface area (TPSA) is 35.5 Å². The molecular weight excluding hydrogens is 300 g/mol. The number of hydrogen-bond donors (Lipinski definition) is 0. The Hall–Kier alpha value is -2.29. The second kappa shape index (κ2) is 7.08. The maximum atomic E-state index is 12.2. The van der Waals surface area contributed by atoms with Gasteiger partial charge in [0.05, 0.1) is 18.3 Å². The summed E-state index contributed by atoms with van der Waals surface area (Å²) in [5, 5.41) is 0. The average Bonchev–Trinajstić information content (AvgIpc) is 3.39. The molecule has 1 saturated carbocycles. The summed E-state index contributed by atoms with van der Waals surface area (Å²) in [5.41, 5.74) is 4.02. The predicted molar refractivity (Wildman–Crippen MR) is 95.6 cm³/mol. The summed E-state index contributed by atoms with van der Waals surface area (Å²) in [5.74, 6) is 0.986. The molecule has 3 heteroatoms. The highest BCUT2D eigenvalue weighted by Gasteiger charge is 2.30. The van der Waals surface area contributed by atoms with Crippen molar-refractivity contribution in [1.82, 2.24) is 0 Å². The zero-order chi connectivity index (χ0) is 17.1. The van der Waals surface area contributed by atoms with Gasteiger partial charge in [-0.05, 0) is 62.8 Å². The van der Waals surface area contributed by atoms with E-state index in [1.54, 1.807) is 0 Å². The lowest BCUT2D eigenvalue weighted by Gasteiger charge is -2.19. The molecule has 3 rings (SSSR count). The molecule has 0 aliphatic heterocycles. The molecule has 0 saturated heterocycles. The first kappa shape index (κ1) is 16.6. The molecule has 2 aromatic rings. The van der Waals surface area contributed by atoms with Crippen LogP contribution in [-0.2, 0) is 4.74 Å². The standard InChI is InChI=1S/C21H24O3/c1-4-23-21(22)17-12-18(15-10-11-15)20(16-8-6-5-7-9-16)19(13-17)24-14(2)3/h5-9,12-15H,4,10-11H2,1-3H3. The first-order valence-corrected chi connectivity index (χ1v) is 8.67. The monoisotopic (exact) mass is 324 g/mol. The Morgan fingerprint density at radius 1 is 1.17 bits per heavy atom. The SMILES string of the molecule is CCOC(=O)c1cc(OC(C)C)c(-c2ccccc2)c(C2CC2)c1. The van der Waals surface area contributed by atoms with Crippen LogP contribution in [0.2, 0.25) is 0 Å². The van der Waals surface area contributed by atoms with Crippen LogP contribution in [0.5, 0.6) is 5.75 Å². The first-order valence-electron chi connectivity index (χ1n) is 8.67. The maximum Gasteiger partial charge on any atom is 0.338 e. The molecule has 24 heavy (non-hydrogen) atoms. The summed E-state index contributed by atoms with van der Waals surface area (Å²) in [6.07, 6.45) is 2.36. The maximum absolute atomic E-state index is 12.2. The van der Waals surface area contributed by atoms with Crippen LogP contribution in [0.3, 0.4) is 0 Å². The van der Waals surface area contributed by atoms with Crippen molar-refractivity contribution in [3.8, 4) is 16.9 Å². The molecule has 0 amide bonds. The highest BCUT2D eigenvalue weighted by atomic mass is 16.5. The van der Waals surface area contributed by atoms with Gasteiger partial charge in [0.1, 0.15) is 5.75 Å². The summed E-state index contributed by atoms with van der Waals surface area (Å²) >= 11 is 0. The Kier molecular flexibility index (Phi) is 4.89. The van der Waals surface area contributed by atoms with Crippen LogP contribution in [0.1, 0.15) is 55.5 Å². The third-order valence-corrected chi connectivity index (χ3v) is 4.09. The van der Waals surface area contributed by atoms with E-state index in [1.165, 1.54) is 5.56 Å². The molecule has 3 nitrogen and oxygen atoms in total. The van der Waals surface area contributed by atoms with Gasteiger partial charge >= 0.3 is 5.97 Å². The minimum absolute atomic E-state index is 0.0389. The molecule has 0 aromatic heterocycles. The Morgan fingerprint density at radius 3 is 2.46 bits per heavy atom. The molecule has 0 atom stereocenters. The normalized spacial score (nSPS) is 13.8. The van der Waals surface area contributed by atoms with E-state index < -0.39 is 0 Å². The molecule has 0 bridgehead atoms. The Balaban J connectivity index is 2.16. The highest BCUT2D eigenvalue weighted by molar-refractivity contribution is 5.92. The van der Waals surface area contributed by atoms with Crippen molar-refractivity contribution in [2.75, 3.05) is 6.61 Å². The number of esters is 1. The van der Waals surface area contributed by atoms with Gasteiger partial charge < -0.3 is 9.47 Å². The third-order valence-electron chi connectivity index (χ3n) is 4.09. The van der Waals surface area contributed by atoms with Crippen molar-refractivity contribution >= 4 is 5.97 Å².